The predicted octanol–water partition coefficient (Wildman–Crippen LogP) is 4.40. The van der Waals surface area contributed by atoms with Crippen molar-refractivity contribution in [2.45, 2.75) is 32.6 Å². The predicted molar refractivity (Wildman–Crippen MR) is 129 cm³/mol. The highest BCUT2D eigenvalue weighted by Gasteiger charge is 2.24. The number of anilines is 1. The summed E-state index contributed by atoms with van der Waals surface area (Å²) in [5.74, 6) is 1.75. The molecule has 0 atom stereocenters. The van der Waals surface area contributed by atoms with Crippen molar-refractivity contribution in [3.8, 4) is 5.75 Å². The summed E-state index contributed by atoms with van der Waals surface area (Å²) in [7, 11) is 1.67. The van der Waals surface area contributed by atoms with E-state index in [-0.39, 0.29) is 11.3 Å². The first-order chi connectivity index (χ1) is 15.3. The minimum absolute atomic E-state index is 0.0837. The molecule has 2 heterocycles. The average molecular weight is 451 g/mol. The number of nitrogens with zero attached hydrogens (tertiary/aromatic N) is 4. The maximum Gasteiger partial charge on any atom is 0.253 e. The Morgan fingerprint density at radius 3 is 2.44 bits per heavy atom. The first kappa shape index (κ1) is 22.3. The number of piperazine rings is 1. The zero-order valence-corrected chi connectivity index (χ0v) is 20.0. The average Bonchev–Trinajstić information content (AvgIpc) is 3.27. The molecule has 1 amide bonds. The molecule has 3 aromatic rings. The minimum atomic E-state index is 0.0837. The Morgan fingerprint density at radius 2 is 1.78 bits per heavy atom. The van der Waals surface area contributed by atoms with Crippen LogP contribution < -0.4 is 9.64 Å². The van der Waals surface area contributed by atoms with Gasteiger partial charge >= 0.3 is 0 Å². The van der Waals surface area contributed by atoms with Crippen LogP contribution in [0.1, 0.15) is 48.1 Å². The van der Waals surface area contributed by atoms with E-state index in [0.717, 1.165) is 40.9 Å². The van der Waals surface area contributed by atoms with Gasteiger partial charge in [-0.15, -0.1) is 0 Å². The quantitative estimate of drug-likeness (QED) is 0.577. The smallest absolute Gasteiger partial charge is 0.253 e. The first-order valence-corrected chi connectivity index (χ1v) is 11.7. The Hall–Kier alpha value is -2.93. The van der Waals surface area contributed by atoms with Gasteiger partial charge in [0.05, 0.1) is 7.11 Å². The molecule has 32 heavy (non-hydrogen) atoms. The molecule has 4 rings (SSSR count). The van der Waals surface area contributed by atoms with Crippen LogP contribution in [0.3, 0.4) is 0 Å². The van der Waals surface area contributed by atoms with Gasteiger partial charge in [-0.2, -0.15) is 4.37 Å². The highest BCUT2D eigenvalue weighted by molar-refractivity contribution is 7.09. The maximum absolute atomic E-state index is 12.9. The summed E-state index contributed by atoms with van der Waals surface area (Å²) in [6.07, 6.45) is 0.677. The Bertz CT molecular complexity index is 1060. The monoisotopic (exact) mass is 450 g/mol. The molecular weight excluding hydrogens is 420 g/mol. The molecule has 0 radical (unpaired) electrons. The molecule has 168 valence electrons. The largest absolute Gasteiger partial charge is 0.497 e. The summed E-state index contributed by atoms with van der Waals surface area (Å²) in [5.41, 5.74) is 3.20. The van der Waals surface area contributed by atoms with Crippen LogP contribution in [0.25, 0.3) is 0 Å². The Labute approximate surface area is 194 Å². The first-order valence-electron chi connectivity index (χ1n) is 10.9. The third-order valence-electron chi connectivity index (χ3n) is 5.79. The number of rotatable bonds is 5. The van der Waals surface area contributed by atoms with Crippen LogP contribution in [0.5, 0.6) is 5.75 Å². The van der Waals surface area contributed by atoms with E-state index in [1.165, 1.54) is 17.1 Å². The van der Waals surface area contributed by atoms with Gasteiger partial charge in [0, 0.05) is 49.7 Å². The van der Waals surface area contributed by atoms with Gasteiger partial charge in [0.2, 0.25) is 5.13 Å². The van der Waals surface area contributed by atoms with Gasteiger partial charge in [0.25, 0.3) is 5.91 Å². The summed E-state index contributed by atoms with van der Waals surface area (Å²) in [5, 5.41) is 0.921. The van der Waals surface area contributed by atoms with Gasteiger partial charge < -0.3 is 14.5 Å². The minimum Gasteiger partial charge on any atom is -0.497 e. The molecule has 1 aliphatic rings. The van der Waals surface area contributed by atoms with Crippen molar-refractivity contribution < 1.29 is 9.53 Å². The van der Waals surface area contributed by atoms with Gasteiger partial charge in [-0.1, -0.05) is 45.0 Å². The summed E-state index contributed by atoms with van der Waals surface area (Å²) in [4.78, 5) is 21.8. The van der Waals surface area contributed by atoms with Crippen molar-refractivity contribution in [2.24, 2.45) is 0 Å². The number of carbonyl (C=O) groups is 1. The standard InChI is InChI=1S/C25H30N4O2S/c1-25(2,3)20-10-8-19(9-11-20)23(30)28-12-14-29(15-13-28)24-26-22(27-32-24)17-18-6-5-7-21(16-18)31-4/h5-11,16H,12-15,17H2,1-4H3. The lowest BCUT2D eigenvalue weighted by atomic mass is 9.86. The number of carbonyl (C=O) groups excluding carboxylic acids is 1. The van der Waals surface area contributed by atoms with E-state index in [1.54, 1.807) is 7.11 Å². The van der Waals surface area contributed by atoms with E-state index in [9.17, 15) is 4.79 Å². The Morgan fingerprint density at radius 1 is 1.06 bits per heavy atom. The summed E-state index contributed by atoms with van der Waals surface area (Å²) < 4.78 is 9.84. The zero-order chi connectivity index (χ0) is 22.7. The summed E-state index contributed by atoms with van der Waals surface area (Å²) in [6.45, 7) is 9.43. The van der Waals surface area contributed by atoms with E-state index in [4.69, 9.17) is 9.72 Å². The van der Waals surface area contributed by atoms with Crippen LogP contribution in [-0.2, 0) is 11.8 Å². The second-order valence-electron chi connectivity index (χ2n) is 9.13. The highest BCUT2D eigenvalue weighted by atomic mass is 32.1. The summed E-state index contributed by atoms with van der Waals surface area (Å²) in [6, 6.07) is 16.0. The highest BCUT2D eigenvalue weighted by Crippen LogP contribution is 2.24. The zero-order valence-electron chi connectivity index (χ0n) is 19.2. The van der Waals surface area contributed by atoms with Crippen molar-refractivity contribution in [3.63, 3.8) is 0 Å². The number of ether oxygens (including phenoxy) is 1. The SMILES string of the molecule is COc1cccc(Cc2nsc(N3CCN(C(=O)c4ccc(C(C)(C)C)cc4)CC3)n2)c1. The lowest BCUT2D eigenvalue weighted by Crippen LogP contribution is -2.48. The number of methoxy groups -OCH3 is 1. The van der Waals surface area contributed by atoms with Crippen molar-refractivity contribution in [1.29, 1.82) is 0 Å². The Kier molecular flexibility index (Phi) is 6.46. The fourth-order valence-corrected chi connectivity index (χ4v) is 4.54. The van der Waals surface area contributed by atoms with Gasteiger partial charge in [0.15, 0.2) is 0 Å². The van der Waals surface area contributed by atoms with E-state index in [2.05, 4.69) is 48.2 Å². The molecule has 1 aromatic heterocycles. The van der Waals surface area contributed by atoms with Crippen LogP contribution in [0, 0.1) is 0 Å². The van der Waals surface area contributed by atoms with E-state index >= 15 is 0 Å². The maximum atomic E-state index is 12.9. The topological polar surface area (TPSA) is 58.6 Å². The van der Waals surface area contributed by atoms with Crippen LogP contribution in [0.15, 0.2) is 48.5 Å². The Balaban J connectivity index is 1.34. The number of hydrogen-bond acceptors (Lipinski definition) is 6. The fourth-order valence-electron chi connectivity index (χ4n) is 3.81. The lowest BCUT2D eigenvalue weighted by molar-refractivity contribution is 0.0746. The van der Waals surface area contributed by atoms with Crippen molar-refractivity contribution in [1.82, 2.24) is 14.3 Å². The molecule has 1 saturated heterocycles. The van der Waals surface area contributed by atoms with Gasteiger partial charge in [0.1, 0.15) is 11.6 Å². The number of hydrogen-bond donors (Lipinski definition) is 0. The van der Waals surface area contributed by atoms with Gasteiger partial charge in [-0.05, 0) is 40.8 Å². The molecule has 0 saturated carbocycles. The normalized spacial score (nSPS) is 14.5. The van der Waals surface area contributed by atoms with E-state index in [1.807, 2.05) is 35.2 Å². The van der Waals surface area contributed by atoms with E-state index in [0.29, 0.717) is 19.5 Å². The number of amides is 1. The second kappa shape index (κ2) is 9.28. The molecule has 0 spiro atoms. The van der Waals surface area contributed by atoms with Crippen molar-refractivity contribution in [2.75, 3.05) is 38.2 Å². The van der Waals surface area contributed by atoms with Crippen LogP contribution in [-0.4, -0.2) is 53.5 Å². The van der Waals surface area contributed by atoms with Crippen LogP contribution >= 0.6 is 11.5 Å². The molecule has 0 bridgehead atoms. The molecule has 6 nitrogen and oxygen atoms in total. The third kappa shape index (κ3) is 5.10. The van der Waals surface area contributed by atoms with Crippen LogP contribution in [0.4, 0.5) is 5.13 Å². The van der Waals surface area contributed by atoms with Crippen LogP contribution in [0.2, 0.25) is 0 Å². The summed E-state index contributed by atoms with van der Waals surface area (Å²) >= 11 is 1.43. The number of benzene rings is 2. The van der Waals surface area contributed by atoms with Crippen molar-refractivity contribution >= 4 is 22.6 Å². The third-order valence-corrected chi connectivity index (χ3v) is 6.60. The molecular formula is C25H30N4O2S. The van der Waals surface area contributed by atoms with Gasteiger partial charge in [-0.25, -0.2) is 4.98 Å². The molecule has 1 fully saturated rings. The van der Waals surface area contributed by atoms with Gasteiger partial charge in [-0.3, -0.25) is 4.79 Å². The molecule has 1 aliphatic heterocycles. The second-order valence-corrected chi connectivity index (χ2v) is 9.86. The lowest BCUT2D eigenvalue weighted by Gasteiger charge is -2.34. The van der Waals surface area contributed by atoms with E-state index < -0.39 is 0 Å². The molecule has 2 aromatic carbocycles. The molecule has 0 N–H and O–H groups in total. The fraction of sp³-hybridized carbons (Fsp3) is 0.400. The molecule has 0 unspecified atom stereocenters. The number of aromatic nitrogens is 2. The van der Waals surface area contributed by atoms with Crippen molar-refractivity contribution in [3.05, 3.63) is 71.0 Å². The molecule has 7 heteroatoms. The molecule has 0 aliphatic carbocycles.